The molecule has 0 fully saturated rings. The topological polar surface area (TPSA) is 76.8 Å². The molecule has 1 amide bonds. The number of fused-ring (bicyclic) bond motifs is 1. The third-order valence-electron chi connectivity index (χ3n) is 2.77. The average Bonchev–Trinajstić information content (AvgIpc) is 2.85. The minimum atomic E-state index is -0.412. The number of ether oxygens (including phenoxy) is 2. The van der Waals surface area contributed by atoms with Crippen molar-refractivity contribution < 1.29 is 14.3 Å². The number of carbonyl (C=O) groups is 1. The minimum Gasteiger partial charge on any atom is -0.454 e. The van der Waals surface area contributed by atoms with Crippen LogP contribution in [-0.2, 0) is 4.79 Å². The molecule has 1 atom stereocenters. The van der Waals surface area contributed by atoms with E-state index in [-0.39, 0.29) is 12.7 Å². The molecule has 3 N–H and O–H groups in total. The lowest BCUT2D eigenvalue weighted by Crippen LogP contribution is -2.50. The Labute approximate surface area is 116 Å². The Hall–Kier alpha value is -1.60. The molecule has 1 heterocycles. The predicted molar refractivity (Wildman–Crippen MR) is 75.5 cm³/mol. The van der Waals surface area contributed by atoms with E-state index in [1.807, 2.05) is 31.5 Å². The van der Waals surface area contributed by atoms with Crippen LogP contribution in [0.1, 0.15) is 0 Å². The Kier molecular flexibility index (Phi) is 4.39. The van der Waals surface area contributed by atoms with Gasteiger partial charge in [-0.25, -0.2) is 5.43 Å². The van der Waals surface area contributed by atoms with Gasteiger partial charge in [0.1, 0.15) is 6.04 Å². The van der Waals surface area contributed by atoms with Gasteiger partial charge in [0.15, 0.2) is 11.5 Å². The van der Waals surface area contributed by atoms with Crippen LogP contribution in [0.5, 0.6) is 11.5 Å². The molecule has 1 aliphatic rings. The fraction of sp³-hybridized carbons (Fsp3) is 0.417. The number of anilines is 1. The molecular formula is C12H17N3O3S. The van der Waals surface area contributed by atoms with Crippen molar-refractivity contribution >= 4 is 23.4 Å². The Morgan fingerprint density at radius 2 is 2.26 bits per heavy atom. The normalized spacial score (nSPS) is 14.2. The zero-order valence-electron chi connectivity index (χ0n) is 10.9. The first kappa shape index (κ1) is 13.8. The van der Waals surface area contributed by atoms with E-state index in [0.29, 0.717) is 11.5 Å². The molecule has 0 bridgehead atoms. The highest BCUT2D eigenvalue weighted by atomic mass is 32.2. The number of carbonyl (C=O) groups excluding carboxylic acids is 1. The third kappa shape index (κ3) is 3.24. The number of primary amides is 1. The van der Waals surface area contributed by atoms with Gasteiger partial charge in [-0.3, -0.25) is 4.79 Å². The molecule has 0 saturated carbocycles. The second kappa shape index (κ2) is 6.03. The molecule has 19 heavy (non-hydrogen) atoms. The van der Waals surface area contributed by atoms with Crippen LogP contribution >= 0.6 is 11.8 Å². The monoisotopic (exact) mass is 283 g/mol. The van der Waals surface area contributed by atoms with Crippen LogP contribution in [0.2, 0.25) is 0 Å². The van der Waals surface area contributed by atoms with E-state index in [2.05, 4.69) is 5.43 Å². The maximum absolute atomic E-state index is 11.3. The quantitative estimate of drug-likeness (QED) is 0.744. The smallest absolute Gasteiger partial charge is 0.237 e. The van der Waals surface area contributed by atoms with E-state index < -0.39 is 6.04 Å². The van der Waals surface area contributed by atoms with Gasteiger partial charge in [0.05, 0.1) is 5.69 Å². The van der Waals surface area contributed by atoms with E-state index >= 15 is 0 Å². The number of hydrogen-bond acceptors (Lipinski definition) is 6. The Morgan fingerprint density at radius 3 is 2.95 bits per heavy atom. The second-order valence-corrected chi connectivity index (χ2v) is 5.05. The van der Waals surface area contributed by atoms with Crippen molar-refractivity contribution in [3.8, 4) is 11.5 Å². The summed E-state index contributed by atoms with van der Waals surface area (Å²) in [5.74, 6) is 1.67. The summed E-state index contributed by atoms with van der Waals surface area (Å²) in [5.41, 5.74) is 9.29. The average molecular weight is 283 g/mol. The van der Waals surface area contributed by atoms with Crippen molar-refractivity contribution in [1.29, 1.82) is 0 Å². The number of benzene rings is 1. The number of nitrogens with one attached hydrogen (secondary N) is 1. The number of hydrogen-bond donors (Lipinski definition) is 2. The van der Waals surface area contributed by atoms with Crippen molar-refractivity contribution in [2.24, 2.45) is 5.73 Å². The lowest BCUT2D eigenvalue weighted by atomic mass is 10.2. The van der Waals surface area contributed by atoms with E-state index in [1.54, 1.807) is 16.8 Å². The maximum Gasteiger partial charge on any atom is 0.237 e. The first-order valence-corrected chi connectivity index (χ1v) is 7.19. The highest BCUT2D eigenvalue weighted by molar-refractivity contribution is 7.98. The first-order chi connectivity index (χ1) is 9.11. The van der Waals surface area contributed by atoms with E-state index in [1.165, 1.54) is 0 Å². The highest BCUT2D eigenvalue weighted by Gasteiger charge is 2.18. The zero-order valence-corrected chi connectivity index (χ0v) is 11.7. The fourth-order valence-electron chi connectivity index (χ4n) is 1.75. The second-order valence-electron chi connectivity index (χ2n) is 4.14. The van der Waals surface area contributed by atoms with E-state index in [0.717, 1.165) is 11.4 Å². The molecular weight excluding hydrogens is 266 g/mol. The summed E-state index contributed by atoms with van der Waals surface area (Å²) in [6.45, 7) is 0.242. The van der Waals surface area contributed by atoms with Gasteiger partial charge in [0.2, 0.25) is 12.7 Å². The molecule has 0 spiro atoms. The lowest BCUT2D eigenvalue weighted by molar-refractivity contribution is -0.119. The summed E-state index contributed by atoms with van der Waals surface area (Å²) in [4.78, 5) is 11.3. The third-order valence-corrected chi connectivity index (χ3v) is 3.44. The first-order valence-electron chi connectivity index (χ1n) is 5.79. The van der Waals surface area contributed by atoms with E-state index in [9.17, 15) is 4.79 Å². The summed E-state index contributed by atoms with van der Waals surface area (Å²) in [5, 5.41) is 1.76. The maximum atomic E-state index is 11.3. The largest absolute Gasteiger partial charge is 0.454 e. The Morgan fingerprint density at radius 1 is 1.53 bits per heavy atom. The number of nitrogens with two attached hydrogens (primary N) is 1. The number of rotatable bonds is 6. The zero-order chi connectivity index (χ0) is 13.8. The summed E-state index contributed by atoms with van der Waals surface area (Å²) < 4.78 is 10.6. The van der Waals surface area contributed by atoms with Crippen LogP contribution in [0.3, 0.4) is 0 Å². The van der Waals surface area contributed by atoms with Gasteiger partial charge >= 0.3 is 0 Å². The van der Waals surface area contributed by atoms with Gasteiger partial charge in [-0.15, -0.1) is 0 Å². The SMILES string of the molecule is CSC[C@H](NN(C)c1ccc2c(c1)OCO2)C(N)=O. The number of nitrogens with zero attached hydrogens (tertiary/aromatic N) is 1. The number of amides is 1. The summed E-state index contributed by atoms with van der Waals surface area (Å²) >= 11 is 1.56. The molecule has 1 aromatic rings. The van der Waals surface area contributed by atoms with Crippen molar-refractivity contribution in [3.05, 3.63) is 18.2 Å². The van der Waals surface area contributed by atoms with Gasteiger partial charge in [0.25, 0.3) is 0 Å². The molecule has 0 radical (unpaired) electrons. The summed E-state index contributed by atoms with van der Waals surface area (Å²) in [6, 6.07) is 5.17. The van der Waals surface area contributed by atoms with Gasteiger partial charge in [-0.1, -0.05) is 0 Å². The van der Waals surface area contributed by atoms with Gasteiger partial charge < -0.3 is 20.2 Å². The van der Waals surface area contributed by atoms with Crippen molar-refractivity contribution in [2.75, 3.05) is 30.9 Å². The molecule has 1 aliphatic heterocycles. The Bertz CT molecular complexity index is 470. The fourth-order valence-corrected chi connectivity index (χ4v) is 2.32. The van der Waals surface area contributed by atoms with Crippen LogP contribution in [0.4, 0.5) is 5.69 Å². The molecule has 1 aromatic carbocycles. The highest BCUT2D eigenvalue weighted by Crippen LogP contribution is 2.34. The van der Waals surface area contributed by atoms with Crippen LogP contribution in [0.15, 0.2) is 18.2 Å². The Balaban J connectivity index is 2.06. The number of thioether (sulfide) groups is 1. The predicted octanol–water partition coefficient (Wildman–Crippen LogP) is 0.573. The van der Waals surface area contributed by atoms with Crippen LogP contribution in [-0.4, -0.2) is 37.8 Å². The summed E-state index contributed by atoms with van der Waals surface area (Å²) in [7, 11) is 1.83. The van der Waals surface area contributed by atoms with Gasteiger partial charge in [0, 0.05) is 18.9 Å². The standard InChI is InChI=1S/C12H17N3O3S/c1-15(14-9(6-19-2)12(13)16)8-3-4-10-11(5-8)18-7-17-10/h3-5,9,14H,6-7H2,1-2H3,(H2,13,16)/t9-/m0/s1. The molecule has 0 aromatic heterocycles. The van der Waals surface area contributed by atoms with Crippen LogP contribution < -0.4 is 25.6 Å². The van der Waals surface area contributed by atoms with Gasteiger partial charge in [-0.05, 0) is 18.4 Å². The van der Waals surface area contributed by atoms with Crippen molar-refractivity contribution in [1.82, 2.24) is 5.43 Å². The molecule has 0 aliphatic carbocycles. The summed E-state index contributed by atoms with van der Waals surface area (Å²) in [6.07, 6.45) is 1.93. The molecule has 6 nitrogen and oxygen atoms in total. The van der Waals surface area contributed by atoms with Crippen molar-refractivity contribution in [2.45, 2.75) is 6.04 Å². The minimum absolute atomic E-state index is 0.242. The lowest BCUT2D eigenvalue weighted by Gasteiger charge is -2.25. The van der Waals surface area contributed by atoms with Crippen LogP contribution in [0, 0.1) is 0 Å². The molecule has 2 rings (SSSR count). The number of hydrazine groups is 1. The molecule has 104 valence electrons. The molecule has 0 unspecified atom stereocenters. The van der Waals surface area contributed by atoms with Crippen molar-refractivity contribution in [3.63, 3.8) is 0 Å². The van der Waals surface area contributed by atoms with Crippen LogP contribution in [0.25, 0.3) is 0 Å². The molecule has 7 heteroatoms. The molecule has 0 saturated heterocycles. The van der Waals surface area contributed by atoms with Gasteiger partial charge in [-0.2, -0.15) is 11.8 Å². The van der Waals surface area contributed by atoms with E-state index in [4.69, 9.17) is 15.2 Å².